The lowest BCUT2D eigenvalue weighted by Gasteiger charge is -2.34. The fraction of sp³-hybridized carbons (Fsp3) is 0.444. The highest BCUT2D eigenvalue weighted by atomic mass is 35.5. The number of piperazine rings is 1. The van der Waals surface area contributed by atoms with E-state index in [0.29, 0.717) is 10.6 Å². The predicted octanol–water partition coefficient (Wildman–Crippen LogP) is 2.65. The molecule has 0 N–H and O–H groups in total. The Morgan fingerprint density at radius 2 is 1.92 bits per heavy atom. The van der Waals surface area contributed by atoms with Gasteiger partial charge in [-0.1, -0.05) is 17.7 Å². The van der Waals surface area contributed by atoms with Gasteiger partial charge in [-0.25, -0.2) is 0 Å². The van der Waals surface area contributed by atoms with Crippen molar-refractivity contribution in [3.05, 3.63) is 51.8 Å². The molecule has 1 fully saturated rings. The van der Waals surface area contributed by atoms with E-state index in [1.807, 2.05) is 28.8 Å². The molecule has 1 saturated heterocycles. The standard InChI is InChI=1S/C18H23ClN4O/c1-13-17(14(2)21(3)20-13)12-22-7-9-23(10-8-22)18(24)15-5-4-6-16(19)11-15/h4-6,11H,7-10,12H2,1-3H3. The maximum atomic E-state index is 12.6. The van der Waals surface area contributed by atoms with Crippen LogP contribution in [0.5, 0.6) is 0 Å². The summed E-state index contributed by atoms with van der Waals surface area (Å²) in [6.45, 7) is 8.29. The smallest absolute Gasteiger partial charge is 0.253 e. The number of halogens is 1. The molecule has 6 heteroatoms. The summed E-state index contributed by atoms with van der Waals surface area (Å²) in [6, 6.07) is 7.16. The Morgan fingerprint density at radius 1 is 1.21 bits per heavy atom. The van der Waals surface area contributed by atoms with Crippen molar-refractivity contribution in [2.24, 2.45) is 7.05 Å². The van der Waals surface area contributed by atoms with Gasteiger partial charge in [-0.2, -0.15) is 5.10 Å². The summed E-state index contributed by atoms with van der Waals surface area (Å²) < 4.78 is 1.93. The molecule has 0 spiro atoms. The minimum atomic E-state index is 0.0610. The van der Waals surface area contributed by atoms with Crippen molar-refractivity contribution >= 4 is 17.5 Å². The van der Waals surface area contributed by atoms with E-state index in [1.54, 1.807) is 12.1 Å². The molecule has 5 nitrogen and oxygen atoms in total. The van der Waals surface area contributed by atoms with Gasteiger partial charge in [0.25, 0.3) is 5.91 Å². The third kappa shape index (κ3) is 3.47. The van der Waals surface area contributed by atoms with E-state index in [2.05, 4.69) is 23.8 Å². The van der Waals surface area contributed by atoms with E-state index in [4.69, 9.17) is 11.6 Å². The second-order valence-corrected chi connectivity index (χ2v) is 6.79. The molecule has 24 heavy (non-hydrogen) atoms. The number of amides is 1. The minimum absolute atomic E-state index is 0.0610. The Labute approximate surface area is 147 Å². The van der Waals surface area contributed by atoms with Crippen LogP contribution in [0.25, 0.3) is 0 Å². The van der Waals surface area contributed by atoms with Crippen LogP contribution in [0.15, 0.2) is 24.3 Å². The largest absolute Gasteiger partial charge is 0.336 e. The zero-order chi connectivity index (χ0) is 17.3. The van der Waals surface area contributed by atoms with Gasteiger partial charge >= 0.3 is 0 Å². The Morgan fingerprint density at radius 3 is 2.50 bits per heavy atom. The first-order chi connectivity index (χ1) is 11.5. The molecule has 1 aromatic carbocycles. The average molecular weight is 347 g/mol. The zero-order valence-corrected chi connectivity index (χ0v) is 15.2. The molecule has 1 aliphatic rings. The maximum Gasteiger partial charge on any atom is 0.253 e. The second kappa shape index (κ2) is 6.95. The maximum absolute atomic E-state index is 12.6. The van der Waals surface area contributed by atoms with Gasteiger partial charge in [0.15, 0.2) is 0 Å². The summed E-state index contributed by atoms with van der Waals surface area (Å²) in [7, 11) is 1.98. The normalized spacial score (nSPS) is 15.8. The first kappa shape index (κ1) is 17.0. The van der Waals surface area contributed by atoms with E-state index in [-0.39, 0.29) is 5.91 Å². The number of hydrogen-bond donors (Lipinski definition) is 0. The van der Waals surface area contributed by atoms with Gasteiger partial charge in [-0.05, 0) is 32.0 Å². The second-order valence-electron chi connectivity index (χ2n) is 6.35. The van der Waals surface area contributed by atoms with Crippen molar-refractivity contribution in [3.63, 3.8) is 0 Å². The molecule has 128 valence electrons. The molecule has 2 heterocycles. The van der Waals surface area contributed by atoms with Gasteiger partial charge in [-0.15, -0.1) is 0 Å². The van der Waals surface area contributed by atoms with Gasteiger partial charge < -0.3 is 4.90 Å². The number of nitrogens with zero attached hydrogens (tertiary/aromatic N) is 4. The van der Waals surface area contributed by atoms with Crippen LogP contribution in [0.2, 0.25) is 5.02 Å². The van der Waals surface area contributed by atoms with Crippen molar-refractivity contribution in [3.8, 4) is 0 Å². The molecule has 1 aliphatic heterocycles. The van der Waals surface area contributed by atoms with E-state index in [9.17, 15) is 4.79 Å². The molecule has 0 aliphatic carbocycles. The lowest BCUT2D eigenvalue weighted by atomic mass is 10.1. The van der Waals surface area contributed by atoms with Gasteiger partial charge in [0.05, 0.1) is 5.69 Å². The van der Waals surface area contributed by atoms with Crippen LogP contribution in [0.3, 0.4) is 0 Å². The monoisotopic (exact) mass is 346 g/mol. The molecular weight excluding hydrogens is 324 g/mol. The fourth-order valence-electron chi connectivity index (χ4n) is 3.18. The molecular formula is C18H23ClN4O. The highest BCUT2D eigenvalue weighted by Crippen LogP contribution is 2.18. The molecule has 3 rings (SSSR count). The third-order valence-electron chi connectivity index (χ3n) is 4.77. The van der Waals surface area contributed by atoms with Crippen molar-refractivity contribution < 1.29 is 4.79 Å². The summed E-state index contributed by atoms with van der Waals surface area (Å²) in [5.41, 5.74) is 4.26. The third-order valence-corrected chi connectivity index (χ3v) is 5.01. The number of aromatic nitrogens is 2. The van der Waals surface area contributed by atoms with Crippen molar-refractivity contribution in [2.45, 2.75) is 20.4 Å². The summed E-state index contributed by atoms with van der Waals surface area (Å²) in [5, 5.41) is 5.08. The van der Waals surface area contributed by atoms with E-state index in [0.717, 1.165) is 38.4 Å². The van der Waals surface area contributed by atoms with Crippen molar-refractivity contribution in [2.75, 3.05) is 26.2 Å². The summed E-state index contributed by atoms with van der Waals surface area (Å²) in [6.07, 6.45) is 0. The van der Waals surface area contributed by atoms with Gasteiger partial charge in [0, 0.05) is 61.6 Å². The lowest BCUT2D eigenvalue weighted by molar-refractivity contribution is 0.0628. The average Bonchev–Trinajstić information content (AvgIpc) is 2.81. The Balaban J connectivity index is 1.60. The molecule has 1 aromatic heterocycles. The number of carbonyl (C=O) groups is 1. The molecule has 2 aromatic rings. The zero-order valence-electron chi connectivity index (χ0n) is 14.4. The van der Waals surface area contributed by atoms with Gasteiger partial charge in [0.2, 0.25) is 0 Å². The number of carbonyl (C=O) groups excluding carboxylic acids is 1. The van der Waals surface area contributed by atoms with Crippen LogP contribution in [0.1, 0.15) is 27.3 Å². The first-order valence-electron chi connectivity index (χ1n) is 8.22. The summed E-state index contributed by atoms with van der Waals surface area (Å²) in [4.78, 5) is 16.9. The van der Waals surface area contributed by atoms with E-state index >= 15 is 0 Å². The molecule has 0 unspecified atom stereocenters. The Kier molecular flexibility index (Phi) is 4.92. The predicted molar refractivity (Wildman–Crippen MR) is 95.3 cm³/mol. The SMILES string of the molecule is Cc1nn(C)c(C)c1CN1CCN(C(=O)c2cccc(Cl)c2)CC1. The van der Waals surface area contributed by atoms with Crippen LogP contribution in [0, 0.1) is 13.8 Å². The van der Waals surface area contributed by atoms with Crippen LogP contribution in [-0.2, 0) is 13.6 Å². The van der Waals surface area contributed by atoms with Crippen LogP contribution in [-0.4, -0.2) is 51.7 Å². The molecule has 0 saturated carbocycles. The molecule has 0 radical (unpaired) electrons. The van der Waals surface area contributed by atoms with Crippen LogP contribution in [0.4, 0.5) is 0 Å². The van der Waals surface area contributed by atoms with Gasteiger partial charge in [-0.3, -0.25) is 14.4 Å². The highest BCUT2D eigenvalue weighted by Gasteiger charge is 2.23. The lowest BCUT2D eigenvalue weighted by Crippen LogP contribution is -2.48. The highest BCUT2D eigenvalue weighted by molar-refractivity contribution is 6.30. The fourth-order valence-corrected chi connectivity index (χ4v) is 3.37. The molecule has 0 bridgehead atoms. The van der Waals surface area contributed by atoms with Crippen LogP contribution >= 0.6 is 11.6 Å². The summed E-state index contributed by atoms with van der Waals surface area (Å²) >= 11 is 5.99. The Bertz CT molecular complexity index is 747. The van der Waals surface area contributed by atoms with E-state index in [1.165, 1.54) is 11.3 Å². The number of aryl methyl sites for hydroxylation is 2. The van der Waals surface area contributed by atoms with Crippen molar-refractivity contribution in [1.82, 2.24) is 19.6 Å². The topological polar surface area (TPSA) is 41.4 Å². The first-order valence-corrected chi connectivity index (χ1v) is 8.60. The number of benzene rings is 1. The number of hydrogen-bond acceptors (Lipinski definition) is 3. The van der Waals surface area contributed by atoms with Gasteiger partial charge in [0.1, 0.15) is 0 Å². The molecule has 1 amide bonds. The Hall–Kier alpha value is -1.85. The van der Waals surface area contributed by atoms with E-state index < -0.39 is 0 Å². The van der Waals surface area contributed by atoms with Crippen molar-refractivity contribution in [1.29, 1.82) is 0 Å². The van der Waals surface area contributed by atoms with Crippen LogP contribution < -0.4 is 0 Å². The summed E-state index contributed by atoms with van der Waals surface area (Å²) in [5.74, 6) is 0.0610. The minimum Gasteiger partial charge on any atom is -0.336 e. The molecule has 0 atom stereocenters. The quantitative estimate of drug-likeness (QED) is 0.858. The number of rotatable bonds is 3.